The van der Waals surface area contributed by atoms with Crippen molar-refractivity contribution in [3.05, 3.63) is 24.3 Å². The molecule has 0 spiro atoms. The Hall–Kier alpha value is -1.56. The number of imidazole rings is 1. The van der Waals surface area contributed by atoms with Crippen molar-refractivity contribution >= 4 is 22.4 Å². The zero-order chi connectivity index (χ0) is 9.97. The van der Waals surface area contributed by atoms with Crippen LogP contribution >= 0.6 is 11.5 Å². The maximum Gasteiger partial charge on any atom is 0.139 e. The standard InChI is InChI=1S/C8H11N5S/c1-5(8-10-2-3-11-8)12-7-4-6(9)13-14-7/h2-5,12H,1H3,(H2,9,13)(H,10,11). The Bertz CT molecular complexity index is 394. The zero-order valence-electron chi connectivity index (χ0n) is 7.69. The van der Waals surface area contributed by atoms with Gasteiger partial charge in [-0.3, -0.25) is 0 Å². The van der Waals surface area contributed by atoms with Crippen molar-refractivity contribution in [1.29, 1.82) is 0 Å². The van der Waals surface area contributed by atoms with Gasteiger partial charge < -0.3 is 16.0 Å². The van der Waals surface area contributed by atoms with E-state index in [0.717, 1.165) is 10.8 Å². The van der Waals surface area contributed by atoms with E-state index >= 15 is 0 Å². The predicted molar refractivity (Wildman–Crippen MR) is 57.2 cm³/mol. The third-order valence-corrected chi connectivity index (χ3v) is 2.55. The highest BCUT2D eigenvalue weighted by Crippen LogP contribution is 2.22. The van der Waals surface area contributed by atoms with Crippen LogP contribution in [0.15, 0.2) is 18.5 Å². The average molecular weight is 209 g/mol. The number of H-pyrrole nitrogens is 1. The summed E-state index contributed by atoms with van der Waals surface area (Å²) in [6.45, 7) is 2.02. The van der Waals surface area contributed by atoms with E-state index in [0.29, 0.717) is 5.82 Å². The van der Waals surface area contributed by atoms with Crippen molar-refractivity contribution in [3.8, 4) is 0 Å². The molecule has 0 bridgehead atoms. The minimum Gasteiger partial charge on any atom is -0.383 e. The van der Waals surface area contributed by atoms with Crippen LogP contribution in [-0.2, 0) is 0 Å². The van der Waals surface area contributed by atoms with E-state index in [1.165, 1.54) is 11.5 Å². The van der Waals surface area contributed by atoms with Crippen LogP contribution in [-0.4, -0.2) is 14.3 Å². The van der Waals surface area contributed by atoms with Crippen molar-refractivity contribution in [3.63, 3.8) is 0 Å². The van der Waals surface area contributed by atoms with E-state index in [1.54, 1.807) is 12.4 Å². The Morgan fingerprint density at radius 3 is 3.07 bits per heavy atom. The van der Waals surface area contributed by atoms with Gasteiger partial charge in [-0.2, -0.15) is 4.37 Å². The van der Waals surface area contributed by atoms with Crippen molar-refractivity contribution in [2.45, 2.75) is 13.0 Å². The first kappa shape index (κ1) is 9.01. The second kappa shape index (κ2) is 3.67. The van der Waals surface area contributed by atoms with Crippen LogP contribution < -0.4 is 11.1 Å². The lowest BCUT2D eigenvalue weighted by Crippen LogP contribution is -2.06. The summed E-state index contributed by atoms with van der Waals surface area (Å²) < 4.78 is 3.98. The number of hydrogen-bond acceptors (Lipinski definition) is 5. The molecular weight excluding hydrogens is 198 g/mol. The summed E-state index contributed by atoms with van der Waals surface area (Å²) in [6.07, 6.45) is 3.53. The summed E-state index contributed by atoms with van der Waals surface area (Å²) in [5, 5.41) is 4.20. The Kier molecular flexibility index (Phi) is 2.36. The molecule has 2 rings (SSSR count). The minimum absolute atomic E-state index is 0.129. The molecule has 2 heterocycles. The first-order chi connectivity index (χ1) is 6.75. The van der Waals surface area contributed by atoms with Crippen LogP contribution in [0.3, 0.4) is 0 Å². The van der Waals surface area contributed by atoms with E-state index in [2.05, 4.69) is 19.7 Å². The Labute approximate surface area is 85.5 Å². The third-order valence-electron chi connectivity index (χ3n) is 1.82. The molecule has 5 nitrogen and oxygen atoms in total. The maximum atomic E-state index is 5.51. The van der Waals surface area contributed by atoms with Crippen molar-refractivity contribution in [2.24, 2.45) is 0 Å². The fraction of sp³-hybridized carbons (Fsp3) is 0.250. The number of nitrogen functional groups attached to an aromatic ring is 1. The minimum atomic E-state index is 0.129. The van der Waals surface area contributed by atoms with Gasteiger partial charge in [0.2, 0.25) is 0 Å². The number of anilines is 2. The van der Waals surface area contributed by atoms with Gasteiger partial charge in [0, 0.05) is 18.5 Å². The van der Waals surface area contributed by atoms with Gasteiger partial charge >= 0.3 is 0 Å². The largest absolute Gasteiger partial charge is 0.383 e. The van der Waals surface area contributed by atoms with Crippen molar-refractivity contribution in [1.82, 2.24) is 14.3 Å². The van der Waals surface area contributed by atoms with Crippen molar-refractivity contribution < 1.29 is 0 Å². The average Bonchev–Trinajstić information content (AvgIpc) is 2.75. The Morgan fingerprint density at radius 2 is 2.50 bits per heavy atom. The van der Waals surface area contributed by atoms with Gasteiger partial charge in [-0.25, -0.2) is 4.98 Å². The normalized spacial score (nSPS) is 12.6. The summed E-state index contributed by atoms with van der Waals surface area (Å²) >= 11 is 1.35. The summed E-state index contributed by atoms with van der Waals surface area (Å²) in [6, 6.07) is 1.94. The lowest BCUT2D eigenvalue weighted by Gasteiger charge is -2.09. The van der Waals surface area contributed by atoms with Gasteiger partial charge in [-0.05, 0) is 18.5 Å². The number of nitrogens with zero attached hydrogens (tertiary/aromatic N) is 2. The predicted octanol–water partition coefficient (Wildman–Crippen LogP) is 1.62. The van der Waals surface area contributed by atoms with E-state index in [1.807, 2.05) is 13.0 Å². The van der Waals surface area contributed by atoms with Crippen LogP contribution in [0.2, 0.25) is 0 Å². The molecule has 0 radical (unpaired) electrons. The van der Waals surface area contributed by atoms with Gasteiger partial charge in [0.25, 0.3) is 0 Å². The quantitative estimate of drug-likeness (QED) is 0.717. The fourth-order valence-electron chi connectivity index (χ4n) is 1.15. The van der Waals surface area contributed by atoms with Crippen LogP contribution in [0.25, 0.3) is 0 Å². The number of aromatic amines is 1. The summed E-state index contributed by atoms with van der Waals surface area (Å²) in [4.78, 5) is 7.20. The molecule has 0 fully saturated rings. The molecule has 0 aromatic carbocycles. The Balaban J connectivity index is 2.05. The molecule has 0 amide bonds. The van der Waals surface area contributed by atoms with Gasteiger partial charge in [0.05, 0.1) is 6.04 Å². The van der Waals surface area contributed by atoms with Crippen LogP contribution in [0.5, 0.6) is 0 Å². The van der Waals surface area contributed by atoms with E-state index < -0.39 is 0 Å². The lowest BCUT2D eigenvalue weighted by molar-refractivity contribution is 0.813. The smallest absolute Gasteiger partial charge is 0.139 e. The molecule has 0 aliphatic heterocycles. The molecule has 74 valence electrons. The number of rotatable bonds is 3. The molecular formula is C8H11N5S. The molecule has 2 aromatic heterocycles. The first-order valence-corrected chi connectivity index (χ1v) is 5.01. The number of nitrogens with one attached hydrogen (secondary N) is 2. The summed E-state index contributed by atoms with van der Waals surface area (Å²) in [5.41, 5.74) is 5.51. The zero-order valence-corrected chi connectivity index (χ0v) is 8.51. The van der Waals surface area contributed by atoms with Crippen LogP contribution in [0.4, 0.5) is 10.8 Å². The Morgan fingerprint density at radius 1 is 1.64 bits per heavy atom. The van der Waals surface area contributed by atoms with Crippen LogP contribution in [0.1, 0.15) is 18.8 Å². The molecule has 2 aromatic rings. The second-order valence-electron chi connectivity index (χ2n) is 2.96. The molecule has 1 atom stereocenters. The first-order valence-electron chi connectivity index (χ1n) is 4.23. The van der Waals surface area contributed by atoms with Gasteiger partial charge in [0.15, 0.2) is 0 Å². The van der Waals surface area contributed by atoms with E-state index in [9.17, 15) is 0 Å². The third kappa shape index (κ3) is 1.85. The van der Waals surface area contributed by atoms with Gasteiger partial charge in [-0.15, -0.1) is 0 Å². The highest BCUT2D eigenvalue weighted by Gasteiger charge is 2.08. The summed E-state index contributed by atoms with van der Waals surface area (Å²) in [5.74, 6) is 1.45. The molecule has 1 unspecified atom stereocenters. The fourth-order valence-corrected chi connectivity index (χ4v) is 1.81. The highest BCUT2D eigenvalue weighted by molar-refractivity contribution is 7.10. The van der Waals surface area contributed by atoms with E-state index in [4.69, 9.17) is 5.73 Å². The van der Waals surface area contributed by atoms with Crippen molar-refractivity contribution in [2.75, 3.05) is 11.1 Å². The molecule has 6 heteroatoms. The SMILES string of the molecule is CC(Nc1cc(N)ns1)c1ncc[nH]1. The number of hydrogen-bond donors (Lipinski definition) is 3. The van der Waals surface area contributed by atoms with Crippen LogP contribution in [0, 0.1) is 0 Å². The van der Waals surface area contributed by atoms with E-state index in [-0.39, 0.29) is 6.04 Å². The molecule has 4 N–H and O–H groups in total. The summed E-state index contributed by atoms with van der Waals surface area (Å²) in [7, 11) is 0. The highest BCUT2D eigenvalue weighted by atomic mass is 32.1. The lowest BCUT2D eigenvalue weighted by atomic mass is 10.3. The maximum absolute atomic E-state index is 5.51. The monoisotopic (exact) mass is 209 g/mol. The molecule has 0 saturated carbocycles. The molecule has 0 saturated heterocycles. The molecule has 14 heavy (non-hydrogen) atoms. The number of aromatic nitrogens is 3. The second-order valence-corrected chi connectivity index (χ2v) is 3.76. The van der Waals surface area contributed by atoms with Gasteiger partial charge in [0.1, 0.15) is 16.6 Å². The molecule has 0 aliphatic carbocycles. The topological polar surface area (TPSA) is 79.6 Å². The number of nitrogens with two attached hydrogens (primary N) is 1. The molecule has 0 aliphatic rings. The van der Waals surface area contributed by atoms with Gasteiger partial charge in [-0.1, -0.05) is 0 Å².